The standard InChI is InChI=1S/C14H26O5/c1-8(13(16)19-14(3,4)5)12-10(15)7-11(18-12)9(2)17-6/h8-12,15H,7H2,1-6H3/t8?,9-,10-,11-,12?/m1/s1. The van der Waals surface area contributed by atoms with Crippen molar-refractivity contribution in [2.45, 2.75) is 71.1 Å². The number of ether oxygens (including phenoxy) is 3. The third-order valence-electron chi connectivity index (χ3n) is 3.35. The first-order valence-electron chi connectivity index (χ1n) is 6.75. The zero-order valence-corrected chi connectivity index (χ0v) is 12.7. The number of methoxy groups -OCH3 is 1. The molecule has 0 spiro atoms. The fraction of sp³-hybridized carbons (Fsp3) is 0.929. The van der Waals surface area contributed by atoms with E-state index in [9.17, 15) is 9.90 Å². The normalized spacial score (nSPS) is 31.0. The summed E-state index contributed by atoms with van der Waals surface area (Å²) < 4.78 is 16.3. The largest absolute Gasteiger partial charge is 0.460 e. The molecular weight excluding hydrogens is 248 g/mol. The minimum absolute atomic E-state index is 0.106. The number of carbonyl (C=O) groups excluding carboxylic acids is 1. The third kappa shape index (κ3) is 4.44. The number of rotatable bonds is 4. The molecule has 1 N–H and O–H groups in total. The number of aliphatic hydroxyl groups excluding tert-OH is 1. The molecule has 2 unspecified atom stereocenters. The topological polar surface area (TPSA) is 65.0 Å². The molecule has 0 amide bonds. The molecule has 1 heterocycles. The summed E-state index contributed by atoms with van der Waals surface area (Å²) in [5.41, 5.74) is -0.534. The summed E-state index contributed by atoms with van der Waals surface area (Å²) in [6.45, 7) is 9.07. The van der Waals surface area contributed by atoms with E-state index < -0.39 is 23.7 Å². The van der Waals surface area contributed by atoms with Crippen LogP contribution < -0.4 is 0 Å². The molecule has 19 heavy (non-hydrogen) atoms. The molecule has 0 radical (unpaired) electrons. The first-order valence-corrected chi connectivity index (χ1v) is 6.75. The minimum Gasteiger partial charge on any atom is -0.460 e. The van der Waals surface area contributed by atoms with E-state index in [1.165, 1.54) is 0 Å². The number of hydrogen-bond donors (Lipinski definition) is 1. The van der Waals surface area contributed by atoms with Crippen molar-refractivity contribution in [1.29, 1.82) is 0 Å². The highest BCUT2D eigenvalue weighted by atomic mass is 16.6. The molecule has 0 aromatic heterocycles. The quantitative estimate of drug-likeness (QED) is 0.787. The van der Waals surface area contributed by atoms with Gasteiger partial charge in [-0.2, -0.15) is 0 Å². The lowest BCUT2D eigenvalue weighted by atomic mass is 9.98. The molecule has 0 bridgehead atoms. The average molecular weight is 274 g/mol. The number of aliphatic hydroxyl groups is 1. The maximum absolute atomic E-state index is 12.0. The lowest BCUT2D eigenvalue weighted by Crippen LogP contribution is -2.38. The first kappa shape index (κ1) is 16.4. The van der Waals surface area contributed by atoms with E-state index in [1.54, 1.807) is 14.0 Å². The van der Waals surface area contributed by atoms with Crippen molar-refractivity contribution in [3.05, 3.63) is 0 Å². The highest BCUT2D eigenvalue weighted by molar-refractivity contribution is 5.73. The van der Waals surface area contributed by atoms with Gasteiger partial charge in [0.25, 0.3) is 0 Å². The predicted molar refractivity (Wildman–Crippen MR) is 70.8 cm³/mol. The Balaban J connectivity index is 2.62. The van der Waals surface area contributed by atoms with Crippen LogP contribution in [-0.4, -0.2) is 48.2 Å². The summed E-state index contributed by atoms with van der Waals surface area (Å²) in [6, 6.07) is 0. The van der Waals surface area contributed by atoms with Crippen molar-refractivity contribution in [2.75, 3.05) is 7.11 Å². The van der Waals surface area contributed by atoms with E-state index in [4.69, 9.17) is 14.2 Å². The number of hydrogen-bond acceptors (Lipinski definition) is 5. The molecular formula is C14H26O5. The molecule has 1 rings (SSSR count). The monoisotopic (exact) mass is 274 g/mol. The minimum atomic E-state index is -0.662. The lowest BCUT2D eigenvalue weighted by Gasteiger charge is -2.26. The van der Waals surface area contributed by atoms with Crippen LogP contribution in [0.25, 0.3) is 0 Å². The molecule has 5 heteroatoms. The van der Waals surface area contributed by atoms with Crippen molar-refractivity contribution < 1.29 is 24.1 Å². The molecule has 0 aromatic carbocycles. The Morgan fingerprint density at radius 1 is 1.37 bits per heavy atom. The fourth-order valence-corrected chi connectivity index (χ4v) is 2.15. The van der Waals surface area contributed by atoms with E-state index in [0.29, 0.717) is 6.42 Å². The Labute approximate surface area is 115 Å². The fourth-order valence-electron chi connectivity index (χ4n) is 2.15. The van der Waals surface area contributed by atoms with Crippen molar-refractivity contribution in [1.82, 2.24) is 0 Å². The van der Waals surface area contributed by atoms with Crippen LogP contribution in [0, 0.1) is 5.92 Å². The van der Waals surface area contributed by atoms with Gasteiger partial charge in [0.2, 0.25) is 0 Å². The predicted octanol–water partition coefficient (Wildman–Crippen LogP) is 1.52. The van der Waals surface area contributed by atoms with E-state index in [-0.39, 0.29) is 18.2 Å². The van der Waals surface area contributed by atoms with Gasteiger partial charge < -0.3 is 19.3 Å². The highest BCUT2D eigenvalue weighted by Crippen LogP contribution is 2.30. The molecule has 5 nitrogen and oxygen atoms in total. The van der Waals surface area contributed by atoms with Crippen LogP contribution in [0.4, 0.5) is 0 Å². The summed E-state index contributed by atoms with van der Waals surface area (Å²) >= 11 is 0. The number of carbonyl (C=O) groups is 1. The van der Waals surface area contributed by atoms with Crippen LogP contribution in [0.3, 0.4) is 0 Å². The summed E-state index contributed by atoms with van der Waals surface area (Å²) in [4.78, 5) is 12.0. The molecule has 1 saturated heterocycles. The molecule has 1 aliphatic heterocycles. The van der Waals surface area contributed by atoms with Crippen molar-refractivity contribution in [2.24, 2.45) is 5.92 Å². The van der Waals surface area contributed by atoms with Crippen LogP contribution in [0.1, 0.15) is 41.0 Å². The molecule has 0 aliphatic carbocycles. The van der Waals surface area contributed by atoms with Gasteiger partial charge in [-0.15, -0.1) is 0 Å². The van der Waals surface area contributed by atoms with E-state index in [0.717, 1.165) is 0 Å². The Hall–Kier alpha value is -0.650. The highest BCUT2D eigenvalue weighted by Gasteiger charge is 2.43. The maximum Gasteiger partial charge on any atom is 0.311 e. The van der Waals surface area contributed by atoms with Gasteiger partial charge in [-0.1, -0.05) is 0 Å². The second-order valence-electron chi connectivity index (χ2n) is 6.21. The van der Waals surface area contributed by atoms with Gasteiger partial charge in [-0.3, -0.25) is 4.79 Å². The van der Waals surface area contributed by atoms with Crippen LogP contribution in [0.2, 0.25) is 0 Å². The van der Waals surface area contributed by atoms with Crippen LogP contribution in [0.15, 0.2) is 0 Å². The van der Waals surface area contributed by atoms with Gasteiger partial charge in [0.1, 0.15) is 5.60 Å². The number of esters is 1. The van der Waals surface area contributed by atoms with Crippen LogP contribution >= 0.6 is 0 Å². The summed E-state index contributed by atoms with van der Waals surface area (Å²) in [7, 11) is 1.60. The van der Waals surface area contributed by atoms with Gasteiger partial charge in [-0.25, -0.2) is 0 Å². The van der Waals surface area contributed by atoms with Gasteiger partial charge in [0.05, 0.1) is 30.3 Å². The third-order valence-corrected chi connectivity index (χ3v) is 3.35. The van der Waals surface area contributed by atoms with Crippen LogP contribution in [0.5, 0.6) is 0 Å². The molecule has 0 saturated carbocycles. The second-order valence-corrected chi connectivity index (χ2v) is 6.21. The Morgan fingerprint density at radius 3 is 2.42 bits per heavy atom. The lowest BCUT2D eigenvalue weighted by molar-refractivity contribution is -0.167. The first-order chi connectivity index (χ1) is 8.65. The molecule has 1 fully saturated rings. The van der Waals surface area contributed by atoms with E-state index >= 15 is 0 Å². The molecule has 0 aromatic rings. The second kappa shape index (κ2) is 6.20. The maximum atomic E-state index is 12.0. The summed E-state index contributed by atoms with van der Waals surface area (Å²) in [6.07, 6.45) is -1.00. The smallest absolute Gasteiger partial charge is 0.311 e. The SMILES string of the molecule is CO[C@H](C)[C@H]1C[C@@H](O)C(C(C)C(=O)OC(C)(C)C)O1. The van der Waals surface area contributed by atoms with Crippen molar-refractivity contribution >= 4 is 5.97 Å². The Bertz CT molecular complexity index is 309. The zero-order valence-electron chi connectivity index (χ0n) is 12.7. The van der Waals surface area contributed by atoms with Gasteiger partial charge in [0.15, 0.2) is 0 Å². The van der Waals surface area contributed by atoms with Gasteiger partial charge >= 0.3 is 5.97 Å². The van der Waals surface area contributed by atoms with E-state index in [1.807, 2.05) is 27.7 Å². The Morgan fingerprint density at radius 2 is 1.95 bits per heavy atom. The van der Waals surface area contributed by atoms with Crippen molar-refractivity contribution in [3.8, 4) is 0 Å². The van der Waals surface area contributed by atoms with Crippen molar-refractivity contribution in [3.63, 3.8) is 0 Å². The average Bonchev–Trinajstić information content (AvgIpc) is 2.67. The van der Waals surface area contributed by atoms with Crippen LogP contribution in [-0.2, 0) is 19.0 Å². The molecule has 5 atom stereocenters. The summed E-state index contributed by atoms with van der Waals surface area (Å²) in [5, 5.41) is 10.0. The molecule has 1 aliphatic rings. The molecule has 112 valence electrons. The van der Waals surface area contributed by atoms with Gasteiger partial charge in [-0.05, 0) is 34.6 Å². The summed E-state index contributed by atoms with van der Waals surface area (Å²) in [5.74, 6) is -0.842. The van der Waals surface area contributed by atoms with E-state index in [2.05, 4.69) is 0 Å². The van der Waals surface area contributed by atoms with Gasteiger partial charge in [0, 0.05) is 13.5 Å². The zero-order chi connectivity index (χ0) is 14.8. The Kier molecular flexibility index (Phi) is 5.35.